The first-order valence-electron chi connectivity index (χ1n) is 6.19. The summed E-state index contributed by atoms with van der Waals surface area (Å²) in [4.78, 5) is 0. The summed E-state index contributed by atoms with van der Waals surface area (Å²) in [7, 11) is 0. The summed E-state index contributed by atoms with van der Waals surface area (Å²) >= 11 is 0. The Labute approximate surface area is 104 Å². The van der Waals surface area contributed by atoms with E-state index in [9.17, 15) is 0 Å². The zero-order valence-electron chi connectivity index (χ0n) is 10.8. The number of aliphatic hydroxyl groups excluding tert-OH is 1. The fourth-order valence-corrected chi connectivity index (χ4v) is 1.57. The van der Waals surface area contributed by atoms with Crippen molar-refractivity contribution in [1.29, 1.82) is 0 Å². The van der Waals surface area contributed by atoms with Gasteiger partial charge in [-0.05, 0) is 24.0 Å². The maximum atomic E-state index is 8.93. The van der Waals surface area contributed by atoms with Crippen molar-refractivity contribution in [3.05, 3.63) is 35.4 Å². The predicted molar refractivity (Wildman–Crippen MR) is 69.5 cm³/mol. The Hall–Kier alpha value is -0.900. The molecule has 1 aromatic carbocycles. The predicted octanol–water partition coefficient (Wildman–Crippen LogP) is 2.21. The van der Waals surface area contributed by atoms with Crippen molar-refractivity contribution in [2.75, 3.05) is 6.61 Å². The van der Waals surface area contributed by atoms with Gasteiger partial charge >= 0.3 is 0 Å². The van der Waals surface area contributed by atoms with Crippen molar-refractivity contribution in [2.45, 2.75) is 45.4 Å². The molecule has 3 nitrogen and oxygen atoms in total. The van der Waals surface area contributed by atoms with Gasteiger partial charge in [-0.25, -0.2) is 0 Å². The van der Waals surface area contributed by atoms with Gasteiger partial charge in [-0.3, -0.25) is 0 Å². The molecule has 0 radical (unpaired) electrons. The fourth-order valence-electron chi connectivity index (χ4n) is 1.57. The monoisotopic (exact) mass is 237 g/mol. The van der Waals surface area contributed by atoms with E-state index in [1.165, 1.54) is 0 Å². The molecule has 0 atom stereocenters. The first-order valence-corrected chi connectivity index (χ1v) is 6.19. The highest BCUT2D eigenvalue weighted by Crippen LogP contribution is 2.13. The number of hydrogen-bond acceptors (Lipinski definition) is 3. The molecule has 0 spiro atoms. The van der Waals surface area contributed by atoms with Crippen molar-refractivity contribution >= 4 is 0 Å². The number of hydrogen-bond donors (Lipinski definition) is 2. The zero-order valence-corrected chi connectivity index (χ0v) is 10.8. The molecule has 0 aliphatic heterocycles. The fraction of sp³-hybridized carbons (Fsp3) is 0.571. The smallest absolute Gasteiger partial charge is 0.0717 e. The maximum absolute atomic E-state index is 8.93. The van der Waals surface area contributed by atoms with E-state index in [4.69, 9.17) is 15.6 Å². The summed E-state index contributed by atoms with van der Waals surface area (Å²) in [5.41, 5.74) is 7.97. The van der Waals surface area contributed by atoms with E-state index in [2.05, 4.69) is 13.8 Å². The van der Waals surface area contributed by atoms with Crippen LogP contribution in [0.25, 0.3) is 0 Å². The lowest BCUT2D eigenvalue weighted by Gasteiger charge is -2.26. The lowest BCUT2D eigenvalue weighted by atomic mass is 9.96. The Bertz CT molecular complexity index is 317. The van der Waals surface area contributed by atoms with Gasteiger partial charge in [0.2, 0.25) is 0 Å². The molecule has 17 heavy (non-hydrogen) atoms. The lowest BCUT2D eigenvalue weighted by Crippen LogP contribution is -2.43. The topological polar surface area (TPSA) is 55.5 Å². The maximum Gasteiger partial charge on any atom is 0.0717 e. The van der Waals surface area contributed by atoms with Gasteiger partial charge in [-0.1, -0.05) is 38.1 Å². The molecule has 0 aliphatic carbocycles. The first-order chi connectivity index (χ1) is 8.13. The van der Waals surface area contributed by atoms with Crippen LogP contribution in [0.1, 0.15) is 37.8 Å². The van der Waals surface area contributed by atoms with Gasteiger partial charge in [0.25, 0.3) is 0 Å². The first kappa shape index (κ1) is 14.2. The van der Waals surface area contributed by atoms with Crippen molar-refractivity contribution in [1.82, 2.24) is 0 Å². The minimum absolute atomic E-state index is 0.0821. The SMILES string of the molecule is CCC(N)(CC)COCc1ccc(CO)cc1. The normalized spacial score (nSPS) is 11.8. The van der Waals surface area contributed by atoms with Crippen molar-refractivity contribution in [3.63, 3.8) is 0 Å². The van der Waals surface area contributed by atoms with Crippen LogP contribution in [0, 0.1) is 0 Å². The second kappa shape index (κ2) is 6.74. The molecule has 1 rings (SSSR count). The molecule has 0 heterocycles. The van der Waals surface area contributed by atoms with Crippen LogP contribution < -0.4 is 5.73 Å². The molecule has 0 amide bonds. The number of benzene rings is 1. The Morgan fingerprint density at radius 1 is 1.12 bits per heavy atom. The van der Waals surface area contributed by atoms with Crippen LogP contribution in [0.2, 0.25) is 0 Å². The summed E-state index contributed by atoms with van der Waals surface area (Å²) < 4.78 is 5.65. The highest BCUT2D eigenvalue weighted by molar-refractivity contribution is 5.21. The average molecular weight is 237 g/mol. The van der Waals surface area contributed by atoms with E-state index in [1.54, 1.807) is 0 Å². The number of aliphatic hydroxyl groups is 1. The molecular weight excluding hydrogens is 214 g/mol. The van der Waals surface area contributed by atoms with E-state index >= 15 is 0 Å². The third kappa shape index (κ3) is 4.46. The van der Waals surface area contributed by atoms with E-state index in [-0.39, 0.29) is 12.1 Å². The number of rotatable bonds is 7. The average Bonchev–Trinajstić information content (AvgIpc) is 2.39. The van der Waals surface area contributed by atoms with Crippen LogP contribution in [0.3, 0.4) is 0 Å². The molecule has 0 saturated carbocycles. The van der Waals surface area contributed by atoms with E-state index in [0.29, 0.717) is 13.2 Å². The Morgan fingerprint density at radius 2 is 1.65 bits per heavy atom. The summed E-state index contributed by atoms with van der Waals surface area (Å²) in [6, 6.07) is 7.77. The van der Waals surface area contributed by atoms with Gasteiger partial charge in [0.15, 0.2) is 0 Å². The Balaban J connectivity index is 2.40. The highest BCUT2D eigenvalue weighted by atomic mass is 16.5. The van der Waals surface area contributed by atoms with Gasteiger partial charge in [-0.2, -0.15) is 0 Å². The van der Waals surface area contributed by atoms with E-state index < -0.39 is 0 Å². The van der Waals surface area contributed by atoms with Crippen molar-refractivity contribution in [3.8, 4) is 0 Å². The van der Waals surface area contributed by atoms with E-state index in [0.717, 1.165) is 24.0 Å². The Kier molecular flexibility index (Phi) is 5.62. The summed E-state index contributed by atoms with van der Waals surface area (Å²) in [5, 5.41) is 8.93. The molecular formula is C14H23NO2. The largest absolute Gasteiger partial charge is 0.392 e. The molecule has 3 N–H and O–H groups in total. The number of nitrogens with two attached hydrogens (primary N) is 1. The lowest BCUT2D eigenvalue weighted by molar-refractivity contribution is 0.0696. The van der Waals surface area contributed by atoms with Crippen molar-refractivity contribution < 1.29 is 9.84 Å². The second-order valence-corrected chi connectivity index (χ2v) is 4.54. The molecule has 0 saturated heterocycles. The molecule has 0 fully saturated rings. The standard InChI is InChI=1S/C14H23NO2/c1-3-14(15,4-2)11-17-10-13-7-5-12(9-16)6-8-13/h5-8,16H,3-4,9-11,15H2,1-2H3. The van der Waals surface area contributed by atoms with Crippen LogP contribution in [-0.4, -0.2) is 17.3 Å². The van der Waals surface area contributed by atoms with Crippen LogP contribution in [-0.2, 0) is 18.0 Å². The minimum atomic E-state index is -0.203. The summed E-state index contributed by atoms with van der Waals surface area (Å²) in [6.07, 6.45) is 1.85. The van der Waals surface area contributed by atoms with Crippen LogP contribution in [0.15, 0.2) is 24.3 Å². The molecule has 1 aromatic rings. The van der Waals surface area contributed by atoms with E-state index in [1.807, 2.05) is 24.3 Å². The Morgan fingerprint density at radius 3 is 2.12 bits per heavy atom. The van der Waals surface area contributed by atoms with Crippen LogP contribution in [0.5, 0.6) is 0 Å². The number of ether oxygens (including phenoxy) is 1. The van der Waals surface area contributed by atoms with Gasteiger partial charge in [0.05, 0.1) is 19.8 Å². The van der Waals surface area contributed by atoms with Crippen molar-refractivity contribution in [2.24, 2.45) is 5.73 Å². The molecule has 0 bridgehead atoms. The van der Waals surface area contributed by atoms with Crippen LogP contribution in [0.4, 0.5) is 0 Å². The van der Waals surface area contributed by atoms with Gasteiger partial charge in [-0.15, -0.1) is 0 Å². The summed E-state index contributed by atoms with van der Waals surface area (Å²) in [6.45, 7) is 5.41. The minimum Gasteiger partial charge on any atom is -0.392 e. The zero-order chi connectivity index (χ0) is 12.7. The van der Waals surface area contributed by atoms with Gasteiger partial charge < -0.3 is 15.6 Å². The highest BCUT2D eigenvalue weighted by Gasteiger charge is 2.19. The third-order valence-corrected chi connectivity index (χ3v) is 3.27. The summed E-state index contributed by atoms with van der Waals surface area (Å²) in [5.74, 6) is 0. The third-order valence-electron chi connectivity index (χ3n) is 3.27. The molecule has 0 unspecified atom stereocenters. The van der Waals surface area contributed by atoms with Crippen LogP contribution >= 0.6 is 0 Å². The van der Waals surface area contributed by atoms with Gasteiger partial charge in [0, 0.05) is 5.54 Å². The molecule has 0 aliphatic rings. The van der Waals surface area contributed by atoms with Gasteiger partial charge in [0.1, 0.15) is 0 Å². The second-order valence-electron chi connectivity index (χ2n) is 4.54. The quantitative estimate of drug-likeness (QED) is 0.764. The molecule has 96 valence electrons. The molecule has 0 aromatic heterocycles. The molecule has 3 heteroatoms.